The maximum atomic E-state index is 14.1. The van der Waals surface area contributed by atoms with E-state index in [2.05, 4.69) is 10.6 Å². The summed E-state index contributed by atoms with van der Waals surface area (Å²) in [6.45, 7) is 8.57. The number of phenolic OH excluding ortho intramolecular Hbond substituents is 2. The van der Waals surface area contributed by atoms with Crippen molar-refractivity contribution in [3.63, 3.8) is 0 Å². The largest absolute Gasteiger partial charge is 0.507 e. The molecule has 57 heavy (non-hydrogen) atoms. The summed E-state index contributed by atoms with van der Waals surface area (Å²) in [5.41, 5.74) is 1.61. The van der Waals surface area contributed by atoms with Crippen molar-refractivity contribution in [1.29, 1.82) is 0 Å². The van der Waals surface area contributed by atoms with Crippen molar-refractivity contribution in [1.82, 2.24) is 0 Å². The first-order valence-corrected chi connectivity index (χ1v) is 18.3. The number of esters is 2. The van der Waals surface area contributed by atoms with E-state index in [4.69, 9.17) is 9.47 Å². The van der Waals surface area contributed by atoms with Gasteiger partial charge in [0.2, 0.25) is 11.6 Å². The van der Waals surface area contributed by atoms with Crippen LogP contribution in [0.15, 0.2) is 60.2 Å². The molecule has 0 spiro atoms. The van der Waals surface area contributed by atoms with Crippen LogP contribution < -0.4 is 10.6 Å². The molecular formula is C41H50F2N2O12. The Morgan fingerprint density at radius 3 is 1.44 bits per heavy atom. The summed E-state index contributed by atoms with van der Waals surface area (Å²) in [4.78, 5) is 49.2. The number of Topliss-reactive ketones (excluding diaryl/α,β-unsaturated/α-hetero) is 2. The van der Waals surface area contributed by atoms with E-state index in [-0.39, 0.29) is 35.5 Å². The highest BCUT2D eigenvalue weighted by atomic mass is 19.1. The average molecular weight is 801 g/mol. The Labute approximate surface area is 328 Å². The number of carbonyl (C=O) groups excluding carboxylic acids is 4. The third kappa shape index (κ3) is 12.0. The van der Waals surface area contributed by atoms with Gasteiger partial charge in [0.25, 0.3) is 0 Å². The van der Waals surface area contributed by atoms with Crippen molar-refractivity contribution in [2.45, 2.75) is 84.1 Å². The molecule has 0 aromatic heterocycles. The van der Waals surface area contributed by atoms with E-state index in [1.807, 2.05) is 6.92 Å². The van der Waals surface area contributed by atoms with E-state index < -0.39 is 83.6 Å². The Kier molecular flexibility index (Phi) is 16.7. The van der Waals surface area contributed by atoms with E-state index >= 15 is 0 Å². The summed E-state index contributed by atoms with van der Waals surface area (Å²) in [7, 11) is 1.64. The number of nitrogens with one attached hydrogen (secondary N) is 2. The summed E-state index contributed by atoms with van der Waals surface area (Å²) in [5.74, 6) is -8.51. The predicted octanol–water partition coefficient (Wildman–Crippen LogP) is 4.74. The van der Waals surface area contributed by atoms with E-state index in [9.17, 15) is 58.6 Å². The molecule has 8 atom stereocenters. The second-order valence-corrected chi connectivity index (χ2v) is 13.7. The summed E-state index contributed by atoms with van der Waals surface area (Å²) in [6.07, 6.45) is -1.30. The first kappa shape index (κ1) is 46.0. The van der Waals surface area contributed by atoms with Crippen molar-refractivity contribution in [3.05, 3.63) is 82.5 Å². The van der Waals surface area contributed by atoms with Crippen molar-refractivity contribution in [2.75, 3.05) is 24.2 Å². The number of aromatic hydroxyl groups is 2. The van der Waals surface area contributed by atoms with Crippen molar-refractivity contribution >= 4 is 47.0 Å². The van der Waals surface area contributed by atoms with Gasteiger partial charge in [-0.15, -0.1) is 0 Å². The Hall–Kier alpha value is -5.42. The van der Waals surface area contributed by atoms with Crippen LogP contribution in [0.4, 0.5) is 20.2 Å². The zero-order chi connectivity index (χ0) is 42.7. The quantitative estimate of drug-likeness (QED) is 0.196. The first-order chi connectivity index (χ1) is 26.8. The normalized spacial score (nSPS) is 29.4. The summed E-state index contributed by atoms with van der Waals surface area (Å²) in [5, 5.41) is 66.4. The molecule has 0 unspecified atom stereocenters. The predicted molar refractivity (Wildman–Crippen MR) is 208 cm³/mol. The van der Waals surface area contributed by atoms with Crippen LogP contribution in [0.2, 0.25) is 0 Å². The first-order valence-electron chi connectivity index (χ1n) is 18.3. The van der Waals surface area contributed by atoms with Gasteiger partial charge in [0.15, 0.2) is 11.7 Å². The number of fused-ring (bicyclic) bond motifs is 2. The molecule has 0 saturated heterocycles. The molecule has 2 aromatic carbocycles. The molecule has 310 valence electrons. The topological polar surface area (TPSA) is 232 Å². The Morgan fingerprint density at radius 2 is 1.05 bits per heavy atom. The lowest BCUT2D eigenvalue weighted by molar-refractivity contribution is -0.130. The monoisotopic (exact) mass is 800 g/mol. The average Bonchev–Trinajstić information content (AvgIpc) is 3.15. The van der Waals surface area contributed by atoms with Gasteiger partial charge in [-0.05, 0) is 69.0 Å². The second kappa shape index (κ2) is 20.7. The van der Waals surface area contributed by atoms with Crippen LogP contribution >= 0.6 is 0 Å². The van der Waals surface area contributed by atoms with Crippen LogP contribution in [0.25, 0.3) is 12.2 Å². The SMILES string of the molecule is CCNc1cc(O)c2c(c1)/C=C/C[C@H](O)[C@H](O)C(=O)/C(F)=C\[C@@H](C)[C@H](C)OC2=O.CNc1cc(O)c2c(c1)/C=C/C[C@H](O)[C@H](O)C(=O)/C(F)=C\[C@@H](C)[C@H](C)OC2=O. The molecule has 16 heteroatoms. The van der Waals surface area contributed by atoms with Gasteiger partial charge in [0.1, 0.15) is 47.0 Å². The van der Waals surface area contributed by atoms with Crippen LogP contribution in [0, 0.1) is 11.8 Å². The third-order valence-corrected chi connectivity index (χ3v) is 9.35. The van der Waals surface area contributed by atoms with E-state index in [1.54, 1.807) is 19.2 Å². The van der Waals surface area contributed by atoms with Crippen LogP contribution in [0.5, 0.6) is 11.5 Å². The number of cyclic esters (lactones) is 2. The Bertz CT molecular complexity index is 1930. The lowest BCUT2D eigenvalue weighted by Crippen LogP contribution is -2.34. The minimum Gasteiger partial charge on any atom is -0.507 e. The standard InChI is InChI=1S/C21H26FNO6.C20H24FNO6/c1-4-23-14-9-13-6-5-7-16(24)20(27)19(26)15(22)8-11(2)12(3)29-21(28)18(13)17(25)10-14;1-10-7-14(21)18(25)19(26)15(23)6-4-5-12-8-13(22-3)9-16(24)17(12)20(27)28-11(10)2/h5-6,8-12,16,20,23-25,27H,4,7H2,1-3H3;4-5,7-11,15,19,22-24,26H,6H2,1-3H3/b6-5+,15-8+;5-4+,14-7+/t11-,12+,16+,20+;10-,11+,15+,19+/m11/s1. The number of halogens is 2. The van der Waals surface area contributed by atoms with Gasteiger partial charge in [-0.3, -0.25) is 9.59 Å². The maximum Gasteiger partial charge on any atom is 0.342 e. The zero-order valence-electron chi connectivity index (χ0n) is 32.4. The van der Waals surface area contributed by atoms with Crippen molar-refractivity contribution < 1.29 is 68.1 Å². The number of hydrogen-bond acceptors (Lipinski definition) is 14. The number of hydrogen-bond donors (Lipinski definition) is 8. The molecule has 0 bridgehead atoms. The lowest BCUT2D eigenvalue weighted by Gasteiger charge is -2.21. The molecule has 0 amide bonds. The van der Waals surface area contributed by atoms with Gasteiger partial charge >= 0.3 is 11.9 Å². The smallest absolute Gasteiger partial charge is 0.342 e. The minimum absolute atomic E-state index is 0.0745. The molecule has 0 aliphatic carbocycles. The number of anilines is 2. The number of aliphatic hydroxyl groups excluding tert-OH is 4. The number of aliphatic hydroxyl groups is 4. The van der Waals surface area contributed by atoms with Crippen LogP contribution in [0.3, 0.4) is 0 Å². The van der Waals surface area contributed by atoms with Gasteiger partial charge in [-0.25, -0.2) is 18.4 Å². The molecule has 2 aliphatic heterocycles. The van der Waals surface area contributed by atoms with Gasteiger partial charge in [-0.1, -0.05) is 38.2 Å². The third-order valence-electron chi connectivity index (χ3n) is 9.35. The van der Waals surface area contributed by atoms with Crippen molar-refractivity contribution in [2.24, 2.45) is 11.8 Å². The molecule has 2 heterocycles. The van der Waals surface area contributed by atoms with Gasteiger partial charge in [-0.2, -0.15) is 0 Å². The highest BCUT2D eigenvalue weighted by Crippen LogP contribution is 2.32. The number of phenols is 2. The minimum atomic E-state index is -1.93. The fourth-order valence-corrected chi connectivity index (χ4v) is 5.58. The number of carbonyl (C=O) groups is 4. The van der Waals surface area contributed by atoms with E-state index in [1.165, 1.54) is 64.1 Å². The van der Waals surface area contributed by atoms with Crippen LogP contribution in [-0.2, 0) is 19.1 Å². The molecule has 0 radical (unpaired) electrons. The molecule has 8 N–H and O–H groups in total. The highest BCUT2D eigenvalue weighted by Gasteiger charge is 2.31. The molecule has 0 saturated carbocycles. The van der Waals surface area contributed by atoms with Gasteiger partial charge < -0.3 is 50.7 Å². The molecule has 0 fully saturated rings. The highest BCUT2D eigenvalue weighted by molar-refractivity contribution is 5.99. The number of benzene rings is 2. The summed E-state index contributed by atoms with van der Waals surface area (Å²) >= 11 is 0. The number of ketones is 2. The maximum absolute atomic E-state index is 14.1. The van der Waals surface area contributed by atoms with E-state index in [0.29, 0.717) is 29.0 Å². The number of ether oxygens (including phenoxy) is 2. The molecule has 14 nitrogen and oxygen atoms in total. The fourth-order valence-electron chi connectivity index (χ4n) is 5.58. The van der Waals surface area contributed by atoms with Crippen LogP contribution in [0.1, 0.15) is 79.3 Å². The van der Waals surface area contributed by atoms with Crippen LogP contribution in [-0.4, -0.2) is 104 Å². The zero-order valence-corrected chi connectivity index (χ0v) is 32.4. The fraction of sp³-hybridized carbons (Fsp3) is 0.415. The van der Waals surface area contributed by atoms with Gasteiger partial charge in [0, 0.05) is 48.9 Å². The molecule has 4 rings (SSSR count). The lowest BCUT2D eigenvalue weighted by atomic mass is 9.99. The molecule has 2 aliphatic rings. The van der Waals surface area contributed by atoms with E-state index in [0.717, 1.165) is 12.2 Å². The van der Waals surface area contributed by atoms with Crippen molar-refractivity contribution in [3.8, 4) is 11.5 Å². The second-order valence-electron chi connectivity index (χ2n) is 13.7. The Morgan fingerprint density at radius 1 is 0.667 bits per heavy atom. The number of rotatable bonds is 3. The molecule has 2 aromatic rings. The van der Waals surface area contributed by atoms with Gasteiger partial charge in [0.05, 0.1) is 12.2 Å². The Balaban J connectivity index is 0.000000306. The molecular weight excluding hydrogens is 750 g/mol. The summed E-state index contributed by atoms with van der Waals surface area (Å²) < 4.78 is 39.0. The summed E-state index contributed by atoms with van der Waals surface area (Å²) in [6, 6.07) is 5.98.